The van der Waals surface area contributed by atoms with E-state index in [1.165, 1.54) is 26.8 Å². The average Bonchev–Trinajstić information content (AvgIpc) is 2.59. The summed E-state index contributed by atoms with van der Waals surface area (Å²) < 4.78 is 13.0. The van der Waals surface area contributed by atoms with Crippen LogP contribution in [0.3, 0.4) is 0 Å². The van der Waals surface area contributed by atoms with Crippen molar-refractivity contribution < 1.29 is 9.47 Å². The van der Waals surface area contributed by atoms with Crippen LogP contribution in [-0.4, -0.2) is 12.6 Å². The van der Waals surface area contributed by atoms with Gasteiger partial charge in [0.2, 0.25) is 5.79 Å². The number of hydrogen-bond donors (Lipinski definition) is 0. The van der Waals surface area contributed by atoms with E-state index in [9.17, 15) is 0 Å². The predicted molar refractivity (Wildman–Crippen MR) is 98.7 cm³/mol. The van der Waals surface area contributed by atoms with E-state index in [0.29, 0.717) is 6.79 Å². The standard InChI is InChI=1S/C21H15BrO2/c22-16-8-9-18-15(12-16)10-11-21(23-13-24-21)20(18)19-7-3-5-14-4-1-2-6-17(14)19/h1-10,12H,11,13H2. The van der Waals surface area contributed by atoms with Crippen LogP contribution in [-0.2, 0) is 9.47 Å². The highest BCUT2D eigenvalue weighted by Crippen LogP contribution is 2.41. The third kappa shape index (κ3) is 2.02. The largest absolute Gasteiger partial charge is 0.319 e. The fourth-order valence-electron chi connectivity index (χ4n) is 3.74. The Balaban J connectivity index is 1.93. The molecule has 0 saturated carbocycles. The molecule has 3 aromatic carbocycles. The summed E-state index contributed by atoms with van der Waals surface area (Å²) in [7, 11) is 0. The van der Waals surface area contributed by atoms with Crippen molar-refractivity contribution in [2.24, 2.45) is 0 Å². The van der Waals surface area contributed by atoms with E-state index in [0.717, 1.165) is 16.5 Å². The zero-order valence-corrected chi connectivity index (χ0v) is 14.5. The molecule has 0 atom stereocenters. The minimum Gasteiger partial charge on any atom is -0.319 e. The fourth-order valence-corrected chi connectivity index (χ4v) is 4.12. The molecule has 0 bridgehead atoms. The molecule has 2 aliphatic rings. The molecule has 2 nitrogen and oxygen atoms in total. The number of benzene rings is 3. The van der Waals surface area contributed by atoms with Gasteiger partial charge < -0.3 is 9.47 Å². The van der Waals surface area contributed by atoms with Crippen LogP contribution in [0.25, 0.3) is 22.4 Å². The van der Waals surface area contributed by atoms with Crippen molar-refractivity contribution in [3.63, 3.8) is 0 Å². The van der Waals surface area contributed by atoms with Gasteiger partial charge in [-0.15, -0.1) is 0 Å². The number of rotatable bonds is 1. The first-order valence-corrected chi connectivity index (χ1v) is 8.83. The first kappa shape index (κ1) is 14.4. The van der Waals surface area contributed by atoms with Gasteiger partial charge in [0.25, 0.3) is 0 Å². The molecule has 1 spiro atoms. The molecule has 1 aliphatic heterocycles. The summed E-state index contributed by atoms with van der Waals surface area (Å²) >= 11 is 3.57. The summed E-state index contributed by atoms with van der Waals surface area (Å²) in [6.45, 7) is 0.355. The monoisotopic (exact) mass is 378 g/mol. The lowest BCUT2D eigenvalue weighted by Gasteiger charge is -2.44. The Morgan fingerprint density at radius 2 is 1.75 bits per heavy atom. The molecule has 0 amide bonds. The highest BCUT2D eigenvalue weighted by molar-refractivity contribution is 9.10. The molecular formula is C21H15BrO2. The first-order chi connectivity index (χ1) is 11.8. The van der Waals surface area contributed by atoms with Gasteiger partial charge in [-0.25, -0.2) is 0 Å². The van der Waals surface area contributed by atoms with Crippen molar-refractivity contribution in [3.8, 4) is 0 Å². The zero-order valence-electron chi connectivity index (χ0n) is 13.0. The Hall–Kier alpha value is -1.94. The lowest BCUT2D eigenvalue weighted by molar-refractivity contribution is -0.362. The second-order valence-electron chi connectivity index (χ2n) is 6.20. The van der Waals surface area contributed by atoms with Gasteiger partial charge in [-0.3, -0.25) is 0 Å². The van der Waals surface area contributed by atoms with Crippen molar-refractivity contribution in [2.75, 3.05) is 6.79 Å². The van der Waals surface area contributed by atoms with Gasteiger partial charge in [0, 0.05) is 16.5 Å². The summed E-state index contributed by atoms with van der Waals surface area (Å²) in [5.74, 6) is -0.648. The van der Waals surface area contributed by atoms with Crippen molar-refractivity contribution in [1.29, 1.82) is 0 Å². The summed E-state index contributed by atoms with van der Waals surface area (Å²) in [5.41, 5.74) is 2.32. The van der Waals surface area contributed by atoms with Crippen LogP contribution >= 0.6 is 15.9 Å². The van der Waals surface area contributed by atoms with Crippen LogP contribution in [0.15, 0.2) is 65.1 Å². The van der Waals surface area contributed by atoms with Gasteiger partial charge in [-0.05, 0) is 38.9 Å². The van der Waals surface area contributed by atoms with E-state index >= 15 is 0 Å². The molecule has 1 aliphatic carbocycles. The fraction of sp³-hybridized carbons (Fsp3) is 0.143. The van der Waals surface area contributed by atoms with Crippen LogP contribution in [0, 0.1) is 0 Å². The topological polar surface area (TPSA) is 18.5 Å². The molecule has 1 saturated heterocycles. The number of ether oxygens (including phenoxy) is 2. The Labute approximate surface area is 148 Å². The van der Waals surface area contributed by atoms with Gasteiger partial charge in [0.15, 0.2) is 6.79 Å². The molecule has 3 aromatic rings. The van der Waals surface area contributed by atoms with Gasteiger partial charge >= 0.3 is 0 Å². The van der Waals surface area contributed by atoms with E-state index in [-0.39, 0.29) is 0 Å². The minimum absolute atomic E-state index is 0.355. The van der Waals surface area contributed by atoms with E-state index in [1.54, 1.807) is 0 Å². The molecule has 0 aromatic heterocycles. The van der Waals surface area contributed by atoms with Crippen LogP contribution < -0.4 is 10.4 Å². The van der Waals surface area contributed by atoms with Crippen molar-refractivity contribution in [2.45, 2.75) is 12.2 Å². The Bertz CT molecular complexity index is 1080. The second-order valence-corrected chi connectivity index (χ2v) is 7.12. The van der Waals surface area contributed by atoms with Gasteiger partial charge in [0.1, 0.15) is 0 Å². The maximum atomic E-state index is 5.96. The Morgan fingerprint density at radius 3 is 2.58 bits per heavy atom. The first-order valence-electron chi connectivity index (χ1n) is 8.03. The molecule has 118 valence electrons. The Kier molecular flexibility index (Phi) is 3.17. The number of fused-ring (bicyclic) bond motifs is 2. The molecule has 24 heavy (non-hydrogen) atoms. The van der Waals surface area contributed by atoms with E-state index in [2.05, 4.69) is 82.7 Å². The molecular weight excluding hydrogens is 364 g/mol. The highest BCUT2D eigenvalue weighted by Gasteiger charge is 2.45. The lowest BCUT2D eigenvalue weighted by Crippen LogP contribution is -2.53. The van der Waals surface area contributed by atoms with E-state index < -0.39 is 5.79 Å². The van der Waals surface area contributed by atoms with Crippen LogP contribution in [0.4, 0.5) is 0 Å². The molecule has 1 fully saturated rings. The predicted octanol–water partition coefficient (Wildman–Crippen LogP) is 3.69. The second kappa shape index (κ2) is 5.28. The van der Waals surface area contributed by atoms with Crippen molar-refractivity contribution in [3.05, 3.63) is 81.1 Å². The Morgan fingerprint density at radius 1 is 0.917 bits per heavy atom. The van der Waals surface area contributed by atoms with E-state index in [4.69, 9.17) is 9.47 Å². The van der Waals surface area contributed by atoms with Crippen molar-refractivity contribution in [1.82, 2.24) is 0 Å². The number of halogens is 1. The van der Waals surface area contributed by atoms with Crippen LogP contribution in [0.2, 0.25) is 0 Å². The third-order valence-electron chi connectivity index (χ3n) is 4.90. The molecule has 0 unspecified atom stereocenters. The van der Waals surface area contributed by atoms with Gasteiger partial charge in [-0.2, -0.15) is 0 Å². The molecule has 5 rings (SSSR count). The normalized spacial score (nSPS) is 18.1. The smallest absolute Gasteiger partial charge is 0.204 e. The van der Waals surface area contributed by atoms with Gasteiger partial charge in [0.05, 0.1) is 0 Å². The summed E-state index contributed by atoms with van der Waals surface area (Å²) in [4.78, 5) is 0. The SMILES string of the molecule is Brc1ccc2c(c1)=CCC1(OCO1)C=2c1cccc2ccccc12. The van der Waals surface area contributed by atoms with E-state index in [1.807, 2.05) is 0 Å². The number of hydrogen-bond acceptors (Lipinski definition) is 2. The molecule has 1 heterocycles. The maximum Gasteiger partial charge on any atom is 0.204 e. The van der Waals surface area contributed by atoms with Crippen LogP contribution in [0.1, 0.15) is 12.0 Å². The lowest BCUT2D eigenvalue weighted by atomic mass is 9.85. The third-order valence-corrected chi connectivity index (χ3v) is 5.39. The molecule has 3 heteroatoms. The molecule has 0 radical (unpaired) electrons. The average molecular weight is 379 g/mol. The van der Waals surface area contributed by atoms with Crippen molar-refractivity contribution >= 4 is 38.4 Å². The summed E-state index contributed by atoms with van der Waals surface area (Å²) in [6.07, 6.45) is 2.93. The quantitative estimate of drug-likeness (QED) is 0.642. The maximum absolute atomic E-state index is 5.96. The summed E-state index contributed by atoms with van der Waals surface area (Å²) in [6, 6.07) is 21.3. The van der Waals surface area contributed by atoms with Crippen LogP contribution in [0.5, 0.6) is 0 Å². The summed E-state index contributed by atoms with van der Waals surface area (Å²) in [5, 5.41) is 4.85. The highest BCUT2D eigenvalue weighted by atomic mass is 79.9. The minimum atomic E-state index is -0.648. The molecule has 0 N–H and O–H groups in total. The van der Waals surface area contributed by atoms with Gasteiger partial charge in [-0.1, -0.05) is 70.5 Å². The zero-order chi connectivity index (χ0) is 16.1.